The predicted molar refractivity (Wildman–Crippen MR) is 103 cm³/mol. The third-order valence-electron chi connectivity index (χ3n) is 4.41. The van der Waals surface area contributed by atoms with Crippen molar-refractivity contribution in [2.75, 3.05) is 0 Å². The summed E-state index contributed by atoms with van der Waals surface area (Å²) in [6, 6.07) is 14.7. The molecule has 1 N–H and O–H groups in total. The number of para-hydroxylation sites is 2. The van der Waals surface area contributed by atoms with Gasteiger partial charge in [0.25, 0.3) is 5.56 Å². The van der Waals surface area contributed by atoms with E-state index in [2.05, 4.69) is 15.5 Å². The van der Waals surface area contributed by atoms with Crippen LogP contribution in [0.15, 0.2) is 53.3 Å². The first-order valence-corrected chi connectivity index (χ1v) is 8.77. The molecule has 7 nitrogen and oxygen atoms in total. The minimum atomic E-state index is -0.359. The molecule has 0 unspecified atom stereocenters. The molecule has 2 heterocycles. The van der Waals surface area contributed by atoms with Crippen molar-refractivity contribution in [2.24, 2.45) is 0 Å². The van der Waals surface area contributed by atoms with E-state index in [9.17, 15) is 9.59 Å². The Bertz CT molecular complexity index is 1230. The standard InChI is InChI=1S/C19H16ClN5O2/c1-12-22-23-18-19(27)24(15-8-4-5-9-16(15)25(12)18)11-17(26)21-10-13-6-2-3-7-14(13)20/h2-9H,10-11H2,1H3,(H,21,26). The number of carbonyl (C=O) groups is 1. The van der Waals surface area contributed by atoms with Gasteiger partial charge < -0.3 is 5.32 Å². The van der Waals surface area contributed by atoms with Crippen LogP contribution in [0.25, 0.3) is 16.7 Å². The van der Waals surface area contributed by atoms with E-state index in [4.69, 9.17) is 11.6 Å². The molecule has 0 saturated carbocycles. The molecule has 0 atom stereocenters. The second kappa shape index (κ2) is 6.85. The van der Waals surface area contributed by atoms with E-state index in [0.29, 0.717) is 16.4 Å². The molecule has 2 aromatic carbocycles. The van der Waals surface area contributed by atoms with Crippen LogP contribution in [0.2, 0.25) is 5.02 Å². The Labute approximate surface area is 159 Å². The summed E-state index contributed by atoms with van der Waals surface area (Å²) in [6.07, 6.45) is 0. The highest BCUT2D eigenvalue weighted by atomic mass is 35.5. The highest BCUT2D eigenvalue weighted by Crippen LogP contribution is 2.16. The van der Waals surface area contributed by atoms with Crippen molar-refractivity contribution >= 4 is 34.2 Å². The van der Waals surface area contributed by atoms with Crippen LogP contribution >= 0.6 is 11.6 Å². The number of nitrogens with one attached hydrogen (secondary N) is 1. The van der Waals surface area contributed by atoms with Crippen molar-refractivity contribution in [1.29, 1.82) is 0 Å². The van der Waals surface area contributed by atoms with Crippen molar-refractivity contribution < 1.29 is 4.79 Å². The SMILES string of the molecule is Cc1nnc2c(=O)n(CC(=O)NCc3ccccc3Cl)c3ccccc3n12. The van der Waals surface area contributed by atoms with Gasteiger partial charge >= 0.3 is 0 Å². The van der Waals surface area contributed by atoms with Crippen LogP contribution in [0, 0.1) is 6.92 Å². The van der Waals surface area contributed by atoms with E-state index < -0.39 is 0 Å². The monoisotopic (exact) mass is 381 g/mol. The summed E-state index contributed by atoms with van der Waals surface area (Å²) in [7, 11) is 0. The third-order valence-corrected chi connectivity index (χ3v) is 4.78. The Morgan fingerprint density at radius 1 is 1.07 bits per heavy atom. The Morgan fingerprint density at radius 2 is 1.78 bits per heavy atom. The molecule has 0 spiro atoms. The smallest absolute Gasteiger partial charge is 0.297 e. The van der Waals surface area contributed by atoms with Crippen LogP contribution in [0.1, 0.15) is 11.4 Å². The van der Waals surface area contributed by atoms with Crippen molar-refractivity contribution in [3.63, 3.8) is 0 Å². The topological polar surface area (TPSA) is 81.3 Å². The molecule has 8 heteroatoms. The third kappa shape index (κ3) is 3.06. The summed E-state index contributed by atoms with van der Waals surface area (Å²) in [6.45, 7) is 1.95. The van der Waals surface area contributed by atoms with E-state index in [1.54, 1.807) is 23.5 Å². The van der Waals surface area contributed by atoms with E-state index in [0.717, 1.165) is 11.1 Å². The normalized spacial score (nSPS) is 11.2. The number of hydrogen-bond acceptors (Lipinski definition) is 4. The number of carbonyl (C=O) groups excluding carboxylic acids is 1. The zero-order valence-electron chi connectivity index (χ0n) is 14.5. The minimum absolute atomic E-state index is 0.119. The molecule has 0 aliphatic rings. The van der Waals surface area contributed by atoms with Crippen LogP contribution in [-0.2, 0) is 17.9 Å². The quantitative estimate of drug-likeness (QED) is 0.588. The second-order valence-corrected chi connectivity index (χ2v) is 6.56. The number of benzene rings is 2. The lowest BCUT2D eigenvalue weighted by Crippen LogP contribution is -2.33. The van der Waals surface area contributed by atoms with Gasteiger partial charge in [0.1, 0.15) is 12.4 Å². The van der Waals surface area contributed by atoms with Crippen molar-refractivity contribution in [2.45, 2.75) is 20.0 Å². The lowest BCUT2D eigenvalue weighted by Gasteiger charge is -2.12. The number of fused-ring (bicyclic) bond motifs is 3. The number of aromatic nitrogens is 4. The summed E-state index contributed by atoms with van der Waals surface area (Å²) in [5.41, 5.74) is 2.07. The van der Waals surface area contributed by atoms with Crippen LogP contribution in [0.4, 0.5) is 0 Å². The number of amides is 1. The number of halogens is 1. The molecule has 1 amide bonds. The summed E-state index contributed by atoms with van der Waals surface area (Å²) in [5.74, 6) is 0.330. The van der Waals surface area contributed by atoms with Gasteiger partial charge in [-0.15, -0.1) is 10.2 Å². The fraction of sp³-hybridized carbons (Fsp3) is 0.158. The van der Waals surface area contributed by atoms with Gasteiger partial charge in [0, 0.05) is 11.6 Å². The van der Waals surface area contributed by atoms with E-state index in [1.807, 2.05) is 36.4 Å². The van der Waals surface area contributed by atoms with Crippen molar-refractivity contribution in [1.82, 2.24) is 24.5 Å². The first-order valence-electron chi connectivity index (χ1n) is 8.39. The average molecular weight is 382 g/mol. The van der Waals surface area contributed by atoms with E-state index in [1.165, 1.54) is 4.57 Å². The molecule has 0 bridgehead atoms. The summed E-state index contributed by atoms with van der Waals surface area (Å²) in [5, 5.41) is 11.4. The maximum Gasteiger partial charge on any atom is 0.297 e. The maximum absolute atomic E-state index is 12.9. The number of hydrogen-bond donors (Lipinski definition) is 1. The van der Waals surface area contributed by atoms with Crippen LogP contribution in [0.5, 0.6) is 0 Å². The molecule has 2 aromatic heterocycles. The molecular weight excluding hydrogens is 366 g/mol. The maximum atomic E-state index is 12.9. The van der Waals surface area contributed by atoms with Gasteiger partial charge in [-0.2, -0.15) is 0 Å². The summed E-state index contributed by atoms with van der Waals surface area (Å²) < 4.78 is 3.12. The lowest BCUT2D eigenvalue weighted by molar-refractivity contribution is -0.121. The Morgan fingerprint density at radius 3 is 2.56 bits per heavy atom. The van der Waals surface area contributed by atoms with Crippen LogP contribution in [0.3, 0.4) is 0 Å². The minimum Gasteiger partial charge on any atom is -0.350 e. The largest absolute Gasteiger partial charge is 0.350 e. The fourth-order valence-electron chi connectivity index (χ4n) is 3.09. The molecule has 136 valence electrons. The van der Waals surface area contributed by atoms with Gasteiger partial charge in [-0.1, -0.05) is 41.9 Å². The average Bonchev–Trinajstić information content (AvgIpc) is 3.06. The first-order chi connectivity index (χ1) is 13.1. The molecule has 4 aromatic rings. The van der Waals surface area contributed by atoms with Gasteiger partial charge in [-0.3, -0.25) is 18.6 Å². The second-order valence-electron chi connectivity index (χ2n) is 6.15. The van der Waals surface area contributed by atoms with E-state index >= 15 is 0 Å². The number of nitrogens with zero attached hydrogens (tertiary/aromatic N) is 4. The van der Waals surface area contributed by atoms with Crippen molar-refractivity contribution in [3.05, 3.63) is 75.3 Å². The molecule has 0 aliphatic carbocycles. The van der Waals surface area contributed by atoms with Gasteiger partial charge in [-0.25, -0.2) is 0 Å². The molecule has 0 fully saturated rings. The fourth-order valence-corrected chi connectivity index (χ4v) is 3.30. The van der Waals surface area contributed by atoms with Gasteiger partial charge in [0.05, 0.1) is 11.0 Å². The molecule has 0 aliphatic heterocycles. The van der Waals surface area contributed by atoms with Gasteiger partial charge in [0.2, 0.25) is 11.6 Å². The Balaban J connectivity index is 1.69. The first kappa shape index (κ1) is 17.2. The van der Waals surface area contributed by atoms with Crippen LogP contribution < -0.4 is 10.9 Å². The molecule has 4 rings (SSSR count). The van der Waals surface area contributed by atoms with Gasteiger partial charge in [-0.05, 0) is 30.7 Å². The lowest BCUT2D eigenvalue weighted by atomic mass is 10.2. The summed E-state index contributed by atoms with van der Waals surface area (Å²) >= 11 is 6.11. The van der Waals surface area contributed by atoms with Gasteiger partial charge in [0.15, 0.2) is 0 Å². The van der Waals surface area contributed by atoms with E-state index in [-0.39, 0.29) is 30.2 Å². The number of aryl methyl sites for hydroxylation is 1. The highest BCUT2D eigenvalue weighted by Gasteiger charge is 2.16. The van der Waals surface area contributed by atoms with Crippen molar-refractivity contribution in [3.8, 4) is 0 Å². The predicted octanol–water partition coefficient (Wildman–Crippen LogP) is 2.32. The number of rotatable bonds is 4. The molecular formula is C19H16ClN5O2. The molecule has 27 heavy (non-hydrogen) atoms. The molecule has 0 radical (unpaired) electrons. The highest BCUT2D eigenvalue weighted by molar-refractivity contribution is 6.31. The van der Waals surface area contributed by atoms with Crippen LogP contribution in [-0.4, -0.2) is 25.1 Å². The Hall–Kier alpha value is -3.19. The molecule has 0 saturated heterocycles. The zero-order valence-corrected chi connectivity index (χ0v) is 15.3. The summed E-state index contributed by atoms with van der Waals surface area (Å²) in [4.78, 5) is 25.3. The zero-order chi connectivity index (χ0) is 19.0. The Kier molecular flexibility index (Phi) is 4.37.